The lowest BCUT2D eigenvalue weighted by Gasteiger charge is -2.21. The molecule has 1 fully saturated rings. The maximum atomic E-state index is 9.23. The largest absolute Gasteiger partial charge is 0.495 e. The molecular weight excluding hydrogens is 294 g/mol. The molecule has 0 saturated heterocycles. The molecule has 1 radical (unpaired) electrons. The van der Waals surface area contributed by atoms with Gasteiger partial charge in [-0.1, -0.05) is 43.2 Å². The Kier molecular flexibility index (Phi) is 5.54. The zero-order valence-corrected chi connectivity index (χ0v) is 14.3. The number of nitriles is 1. The van der Waals surface area contributed by atoms with Crippen LogP contribution in [-0.4, -0.2) is 7.11 Å². The van der Waals surface area contributed by atoms with Gasteiger partial charge in [-0.15, -0.1) is 0 Å². The average molecular weight is 318 g/mol. The fraction of sp³-hybridized carbons (Fsp3) is 0.364. The molecule has 123 valence electrons. The van der Waals surface area contributed by atoms with Crippen LogP contribution in [0.25, 0.3) is 11.1 Å². The van der Waals surface area contributed by atoms with E-state index in [2.05, 4.69) is 36.8 Å². The summed E-state index contributed by atoms with van der Waals surface area (Å²) in [7, 11) is 1.59. The van der Waals surface area contributed by atoms with Crippen LogP contribution < -0.4 is 4.74 Å². The highest BCUT2D eigenvalue weighted by molar-refractivity contribution is 5.67. The zero-order chi connectivity index (χ0) is 16.8. The van der Waals surface area contributed by atoms with E-state index in [1.807, 2.05) is 18.2 Å². The second kappa shape index (κ2) is 8.02. The number of hydrogen-bond donors (Lipinski definition) is 0. The lowest BCUT2D eigenvalue weighted by Crippen LogP contribution is -2.07. The topological polar surface area (TPSA) is 33.0 Å². The molecule has 1 aliphatic rings. The van der Waals surface area contributed by atoms with Crippen LogP contribution in [0, 0.1) is 23.7 Å². The van der Waals surface area contributed by atoms with Gasteiger partial charge in [0.2, 0.25) is 0 Å². The van der Waals surface area contributed by atoms with E-state index < -0.39 is 0 Å². The molecule has 2 nitrogen and oxygen atoms in total. The van der Waals surface area contributed by atoms with Gasteiger partial charge in [-0.3, -0.25) is 0 Å². The van der Waals surface area contributed by atoms with Gasteiger partial charge in [-0.25, -0.2) is 0 Å². The number of rotatable bonds is 5. The maximum Gasteiger partial charge on any atom is 0.136 e. The highest BCUT2D eigenvalue weighted by atomic mass is 16.5. The third-order valence-corrected chi connectivity index (χ3v) is 5.01. The fourth-order valence-corrected chi connectivity index (χ4v) is 3.49. The summed E-state index contributed by atoms with van der Waals surface area (Å²) in [6, 6.07) is 16.7. The van der Waals surface area contributed by atoms with Crippen molar-refractivity contribution in [3.8, 4) is 22.9 Å². The Bertz CT molecular complexity index is 706. The molecule has 0 spiro atoms. The Morgan fingerprint density at radius 2 is 1.75 bits per heavy atom. The Morgan fingerprint density at radius 1 is 1.04 bits per heavy atom. The number of benzene rings is 2. The van der Waals surface area contributed by atoms with E-state index in [-0.39, 0.29) is 0 Å². The van der Waals surface area contributed by atoms with Crippen LogP contribution in [0.1, 0.15) is 43.2 Å². The lowest BCUT2D eigenvalue weighted by molar-refractivity contribution is 0.381. The molecule has 0 atom stereocenters. The van der Waals surface area contributed by atoms with Crippen molar-refractivity contribution in [3.05, 3.63) is 60.0 Å². The van der Waals surface area contributed by atoms with Crippen LogP contribution in [-0.2, 0) is 6.42 Å². The van der Waals surface area contributed by atoms with Gasteiger partial charge >= 0.3 is 0 Å². The van der Waals surface area contributed by atoms with E-state index >= 15 is 0 Å². The van der Waals surface area contributed by atoms with E-state index in [1.165, 1.54) is 37.7 Å². The number of methoxy groups -OCH3 is 1. The number of aryl methyl sites for hydroxylation is 1. The second-order valence-corrected chi connectivity index (χ2v) is 6.57. The van der Waals surface area contributed by atoms with Gasteiger partial charge < -0.3 is 4.74 Å². The molecule has 24 heavy (non-hydrogen) atoms. The van der Waals surface area contributed by atoms with Gasteiger partial charge in [0.15, 0.2) is 0 Å². The Morgan fingerprint density at radius 3 is 2.42 bits per heavy atom. The van der Waals surface area contributed by atoms with Gasteiger partial charge in [0, 0.05) is 0 Å². The molecule has 0 unspecified atom stereocenters. The minimum absolute atomic E-state index is 0.577. The predicted octanol–water partition coefficient (Wildman–Crippen LogP) is 5.56. The summed E-state index contributed by atoms with van der Waals surface area (Å²) in [6.45, 7) is 0. The van der Waals surface area contributed by atoms with Gasteiger partial charge in [0.1, 0.15) is 11.8 Å². The molecule has 0 aromatic heterocycles. The van der Waals surface area contributed by atoms with Crippen molar-refractivity contribution in [2.24, 2.45) is 5.92 Å². The molecule has 0 N–H and O–H groups in total. The van der Waals surface area contributed by atoms with Crippen LogP contribution >= 0.6 is 0 Å². The van der Waals surface area contributed by atoms with Crippen molar-refractivity contribution in [2.75, 3.05) is 7.11 Å². The molecule has 0 heterocycles. The number of ether oxygens (including phenoxy) is 1. The summed E-state index contributed by atoms with van der Waals surface area (Å²) >= 11 is 0. The first-order valence-corrected chi connectivity index (χ1v) is 8.79. The van der Waals surface area contributed by atoms with Crippen LogP contribution in [0.3, 0.4) is 0 Å². The van der Waals surface area contributed by atoms with Crippen molar-refractivity contribution < 1.29 is 4.74 Å². The normalized spacial score (nSPS) is 15.0. The first-order chi connectivity index (χ1) is 11.8. The zero-order valence-electron chi connectivity index (χ0n) is 14.3. The molecule has 0 aliphatic heterocycles. The molecular formula is C22H24NO. The highest BCUT2D eigenvalue weighted by Gasteiger charge is 2.13. The average Bonchev–Trinajstić information content (AvgIpc) is 2.67. The molecule has 2 heteroatoms. The quantitative estimate of drug-likeness (QED) is 0.723. The fourth-order valence-electron chi connectivity index (χ4n) is 3.49. The van der Waals surface area contributed by atoms with Crippen LogP contribution in [0.5, 0.6) is 5.75 Å². The highest BCUT2D eigenvalue weighted by Crippen LogP contribution is 2.29. The monoisotopic (exact) mass is 318 g/mol. The maximum absolute atomic E-state index is 9.23. The van der Waals surface area contributed by atoms with Crippen molar-refractivity contribution >= 4 is 0 Å². The van der Waals surface area contributed by atoms with E-state index in [9.17, 15) is 5.26 Å². The molecule has 0 amide bonds. The van der Waals surface area contributed by atoms with E-state index in [0.717, 1.165) is 23.5 Å². The van der Waals surface area contributed by atoms with Gasteiger partial charge in [-0.2, -0.15) is 5.26 Å². The van der Waals surface area contributed by atoms with Gasteiger partial charge in [0.05, 0.1) is 12.7 Å². The minimum Gasteiger partial charge on any atom is -0.495 e. The van der Waals surface area contributed by atoms with Crippen molar-refractivity contribution in [3.63, 3.8) is 0 Å². The Hall–Kier alpha value is -2.27. The molecule has 1 saturated carbocycles. The second-order valence-electron chi connectivity index (χ2n) is 6.57. The van der Waals surface area contributed by atoms with Crippen molar-refractivity contribution in [1.29, 1.82) is 5.26 Å². The third kappa shape index (κ3) is 3.97. The Labute approximate surface area is 145 Å². The minimum atomic E-state index is 0.577. The Balaban J connectivity index is 1.67. The third-order valence-electron chi connectivity index (χ3n) is 5.01. The summed E-state index contributed by atoms with van der Waals surface area (Å²) in [4.78, 5) is 0. The van der Waals surface area contributed by atoms with Crippen LogP contribution in [0.2, 0.25) is 0 Å². The van der Waals surface area contributed by atoms with Crippen LogP contribution in [0.4, 0.5) is 0 Å². The standard InChI is InChI=1S/C22H24NO/c1-24-22-14-13-20(15-21(22)16-23)19-11-9-18(10-12-19)8-7-17-5-3-2-4-6-17/h2,9-15,17H,3-8H2,1H3. The molecule has 2 aromatic carbocycles. The van der Waals surface area contributed by atoms with Gasteiger partial charge in [-0.05, 0) is 66.8 Å². The van der Waals surface area contributed by atoms with Crippen molar-refractivity contribution in [2.45, 2.75) is 38.5 Å². The number of hydrogen-bond acceptors (Lipinski definition) is 2. The number of nitrogens with zero attached hydrogens (tertiary/aromatic N) is 1. The van der Waals surface area contributed by atoms with E-state index in [0.29, 0.717) is 11.3 Å². The summed E-state index contributed by atoms with van der Waals surface area (Å²) < 4.78 is 5.21. The lowest BCUT2D eigenvalue weighted by atomic mass is 9.85. The molecule has 2 aromatic rings. The SMILES string of the molecule is COc1ccc(-c2ccc(CCC3CC[CH]CC3)cc2)cc1C#N. The molecule has 0 bridgehead atoms. The molecule has 1 aliphatic carbocycles. The smallest absolute Gasteiger partial charge is 0.136 e. The first-order valence-electron chi connectivity index (χ1n) is 8.79. The van der Waals surface area contributed by atoms with E-state index in [4.69, 9.17) is 4.74 Å². The van der Waals surface area contributed by atoms with Gasteiger partial charge in [0.25, 0.3) is 0 Å². The summed E-state index contributed by atoms with van der Waals surface area (Å²) in [5, 5.41) is 9.23. The van der Waals surface area contributed by atoms with Crippen molar-refractivity contribution in [1.82, 2.24) is 0 Å². The summed E-state index contributed by atoms with van der Waals surface area (Å²) in [5.74, 6) is 1.53. The van der Waals surface area contributed by atoms with Crippen LogP contribution in [0.15, 0.2) is 42.5 Å². The first kappa shape index (κ1) is 16.6. The predicted molar refractivity (Wildman–Crippen MR) is 97.7 cm³/mol. The summed E-state index contributed by atoms with van der Waals surface area (Å²) in [5.41, 5.74) is 4.18. The van der Waals surface area contributed by atoms with E-state index in [1.54, 1.807) is 7.11 Å². The summed E-state index contributed by atoms with van der Waals surface area (Å²) in [6.07, 6.45) is 10.2. The molecule has 3 rings (SSSR count).